The van der Waals surface area contributed by atoms with Crippen molar-refractivity contribution in [1.29, 1.82) is 0 Å². The molecule has 0 amide bonds. The van der Waals surface area contributed by atoms with Crippen molar-refractivity contribution < 1.29 is 0 Å². The Balaban J connectivity index is 0.00000280. The van der Waals surface area contributed by atoms with Gasteiger partial charge in [0, 0.05) is 19.3 Å². The van der Waals surface area contributed by atoms with Crippen molar-refractivity contribution in [3.8, 4) is 5.69 Å². The van der Waals surface area contributed by atoms with Gasteiger partial charge in [-0.05, 0) is 38.5 Å². The zero-order valence-corrected chi connectivity index (χ0v) is 19.0. The van der Waals surface area contributed by atoms with Gasteiger partial charge in [-0.1, -0.05) is 18.2 Å². The standard InChI is InChI=1S/C19H26N8.HI/c1-5-20-19(22-12-18-24-23-13-26(18)4)21-11-16-8-6-7-9-17(16)27-15(3)10-14(2)25-27;/h6-10,13H,5,11-12H2,1-4H3,(H2,20,21,22);1H. The summed E-state index contributed by atoms with van der Waals surface area (Å²) in [5.74, 6) is 1.59. The normalized spacial score (nSPS) is 11.2. The van der Waals surface area contributed by atoms with E-state index in [4.69, 9.17) is 4.99 Å². The highest BCUT2D eigenvalue weighted by Crippen LogP contribution is 2.17. The molecule has 0 aliphatic rings. The summed E-state index contributed by atoms with van der Waals surface area (Å²) in [5.41, 5.74) is 4.27. The molecule has 2 aromatic heterocycles. The molecule has 0 fully saturated rings. The highest BCUT2D eigenvalue weighted by Gasteiger charge is 2.09. The van der Waals surface area contributed by atoms with Gasteiger partial charge in [0.15, 0.2) is 11.8 Å². The molecule has 0 bridgehead atoms. The molecular weight excluding hydrogens is 467 g/mol. The van der Waals surface area contributed by atoms with Crippen molar-refractivity contribution in [2.75, 3.05) is 6.54 Å². The number of hydrogen-bond acceptors (Lipinski definition) is 4. The highest BCUT2D eigenvalue weighted by molar-refractivity contribution is 14.0. The fourth-order valence-corrected chi connectivity index (χ4v) is 2.86. The SMILES string of the molecule is CCNC(=NCc1ccccc1-n1nc(C)cc1C)NCc1nncn1C.I. The Bertz CT molecular complexity index is 928. The van der Waals surface area contributed by atoms with Gasteiger partial charge in [0.25, 0.3) is 0 Å². The number of aliphatic imine (C=N–C) groups is 1. The van der Waals surface area contributed by atoms with Gasteiger partial charge in [-0.2, -0.15) is 5.10 Å². The lowest BCUT2D eigenvalue weighted by Crippen LogP contribution is -2.37. The van der Waals surface area contributed by atoms with Gasteiger partial charge < -0.3 is 15.2 Å². The molecule has 3 rings (SSSR count). The molecule has 9 heteroatoms. The summed E-state index contributed by atoms with van der Waals surface area (Å²) >= 11 is 0. The van der Waals surface area contributed by atoms with Gasteiger partial charge in [-0.15, -0.1) is 34.2 Å². The lowest BCUT2D eigenvalue weighted by molar-refractivity contribution is 0.726. The van der Waals surface area contributed by atoms with Crippen LogP contribution in [0.3, 0.4) is 0 Å². The third kappa shape index (κ3) is 5.31. The average molecular weight is 494 g/mol. The summed E-state index contributed by atoms with van der Waals surface area (Å²) in [6.45, 7) is 7.99. The Labute approximate surface area is 182 Å². The Morgan fingerprint density at radius 2 is 1.96 bits per heavy atom. The number of hydrogen-bond donors (Lipinski definition) is 2. The van der Waals surface area contributed by atoms with Crippen LogP contribution in [0.25, 0.3) is 5.69 Å². The van der Waals surface area contributed by atoms with Crippen LogP contribution in [0.15, 0.2) is 41.7 Å². The first kappa shape index (κ1) is 21.9. The van der Waals surface area contributed by atoms with Crippen molar-refractivity contribution in [3.63, 3.8) is 0 Å². The molecule has 2 N–H and O–H groups in total. The van der Waals surface area contributed by atoms with Crippen LogP contribution >= 0.6 is 24.0 Å². The van der Waals surface area contributed by atoms with Crippen LogP contribution in [-0.4, -0.2) is 37.0 Å². The Morgan fingerprint density at radius 3 is 2.61 bits per heavy atom. The van der Waals surface area contributed by atoms with Crippen molar-refractivity contribution in [3.05, 3.63) is 59.4 Å². The third-order valence-corrected chi connectivity index (χ3v) is 4.20. The van der Waals surface area contributed by atoms with Crippen molar-refractivity contribution in [1.82, 2.24) is 35.2 Å². The second kappa shape index (κ2) is 10.2. The van der Waals surface area contributed by atoms with Crippen LogP contribution in [0.1, 0.15) is 29.7 Å². The van der Waals surface area contributed by atoms with Crippen molar-refractivity contribution in [2.45, 2.75) is 33.9 Å². The maximum atomic E-state index is 4.73. The Hall–Kier alpha value is -2.43. The van der Waals surface area contributed by atoms with Gasteiger partial charge in [0.05, 0.1) is 24.5 Å². The van der Waals surface area contributed by atoms with Gasteiger partial charge in [-0.3, -0.25) is 0 Å². The molecule has 0 unspecified atom stereocenters. The van der Waals surface area contributed by atoms with Crippen LogP contribution in [0, 0.1) is 13.8 Å². The smallest absolute Gasteiger partial charge is 0.191 e. The molecule has 150 valence electrons. The zero-order chi connectivity index (χ0) is 19.2. The first-order valence-electron chi connectivity index (χ1n) is 9.05. The van der Waals surface area contributed by atoms with Crippen molar-refractivity contribution in [2.24, 2.45) is 12.0 Å². The van der Waals surface area contributed by atoms with Crippen LogP contribution in [-0.2, 0) is 20.1 Å². The average Bonchev–Trinajstić information content (AvgIpc) is 3.22. The maximum absolute atomic E-state index is 4.73. The third-order valence-electron chi connectivity index (χ3n) is 4.20. The number of halogens is 1. The molecule has 2 heterocycles. The molecular formula is C19H27IN8. The minimum absolute atomic E-state index is 0. The molecule has 0 atom stereocenters. The topological polar surface area (TPSA) is 84.9 Å². The van der Waals surface area contributed by atoms with Gasteiger partial charge in [0.1, 0.15) is 6.33 Å². The molecule has 0 saturated carbocycles. The predicted molar refractivity (Wildman–Crippen MR) is 121 cm³/mol. The molecule has 0 spiro atoms. The van der Waals surface area contributed by atoms with Crippen LogP contribution < -0.4 is 10.6 Å². The van der Waals surface area contributed by atoms with E-state index in [1.54, 1.807) is 6.33 Å². The molecule has 1 aromatic carbocycles. The number of benzene rings is 1. The molecule has 8 nitrogen and oxygen atoms in total. The van der Waals surface area contributed by atoms with Crippen LogP contribution in [0.5, 0.6) is 0 Å². The fraction of sp³-hybridized carbons (Fsp3) is 0.368. The summed E-state index contributed by atoms with van der Waals surface area (Å²) in [4.78, 5) is 4.73. The summed E-state index contributed by atoms with van der Waals surface area (Å²) < 4.78 is 3.86. The molecule has 0 aliphatic heterocycles. The van der Waals surface area contributed by atoms with E-state index in [0.717, 1.165) is 41.0 Å². The second-order valence-corrected chi connectivity index (χ2v) is 6.37. The number of guanidine groups is 1. The monoisotopic (exact) mass is 494 g/mol. The lowest BCUT2D eigenvalue weighted by Gasteiger charge is -2.13. The van der Waals surface area contributed by atoms with Gasteiger partial charge in [0.2, 0.25) is 0 Å². The zero-order valence-electron chi connectivity index (χ0n) is 16.7. The molecule has 0 saturated heterocycles. The summed E-state index contributed by atoms with van der Waals surface area (Å²) in [6.07, 6.45) is 1.69. The Kier molecular flexibility index (Phi) is 7.97. The number of para-hydroxylation sites is 1. The van der Waals surface area contributed by atoms with Crippen LogP contribution in [0.4, 0.5) is 0 Å². The van der Waals surface area contributed by atoms with E-state index in [9.17, 15) is 0 Å². The Morgan fingerprint density at radius 1 is 1.18 bits per heavy atom. The quantitative estimate of drug-likeness (QED) is 0.313. The lowest BCUT2D eigenvalue weighted by atomic mass is 10.2. The van der Waals surface area contributed by atoms with Crippen LogP contribution in [0.2, 0.25) is 0 Å². The van der Waals surface area contributed by atoms with E-state index in [1.807, 2.05) is 42.3 Å². The molecule has 0 radical (unpaired) electrons. The second-order valence-electron chi connectivity index (χ2n) is 6.37. The van der Waals surface area contributed by atoms with E-state index in [2.05, 4.69) is 51.1 Å². The predicted octanol–water partition coefficient (Wildman–Crippen LogP) is 2.49. The summed E-state index contributed by atoms with van der Waals surface area (Å²) in [6, 6.07) is 10.3. The number of nitrogens with zero attached hydrogens (tertiary/aromatic N) is 6. The summed E-state index contributed by atoms with van der Waals surface area (Å²) in [7, 11) is 1.92. The number of aromatic nitrogens is 5. The number of nitrogens with one attached hydrogen (secondary N) is 2. The summed E-state index contributed by atoms with van der Waals surface area (Å²) in [5, 5.41) is 19.2. The van der Waals surface area contributed by atoms with E-state index in [0.29, 0.717) is 13.1 Å². The van der Waals surface area contributed by atoms with Gasteiger partial charge >= 0.3 is 0 Å². The van der Waals surface area contributed by atoms with E-state index < -0.39 is 0 Å². The van der Waals surface area contributed by atoms with E-state index >= 15 is 0 Å². The number of rotatable bonds is 6. The fourth-order valence-electron chi connectivity index (χ4n) is 2.86. The van der Waals surface area contributed by atoms with E-state index in [1.165, 1.54) is 0 Å². The van der Waals surface area contributed by atoms with Crippen molar-refractivity contribution >= 4 is 29.9 Å². The highest BCUT2D eigenvalue weighted by atomic mass is 127. The minimum Gasteiger partial charge on any atom is -0.357 e. The largest absolute Gasteiger partial charge is 0.357 e. The first-order valence-corrected chi connectivity index (χ1v) is 9.05. The molecule has 28 heavy (non-hydrogen) atoms. The molecule has 0 aliphatic carbocycles. The maximum Gasteiger partial charge on any atom is 0.191 e. The molecule has 3 aromatic rings. The minimum atomic E-state index is 0. The number of aryl methyl sites for hydroxylation is 3. The van der Waals surface area contributed by atoms with E-state index in [-0.39, 0.29) is 24.0 Å². The van der Waals surface area contributed by atoms with Gasteiger partial charge in [-0.25, -0.2) is 9.67 Å². The first-order chi connectivity index (χ1) is 13.1.